The van der Waals surface area contributed by atoms with E-state index in [1.165, 1.54) is 11.1 Å². The highest BCUT2D eigenvalue weighted by atomic mass is 16.5. The molecular weight excluding hydrogens is 705 g/mol. The molecule has 57 heavy (non-hydrogen) atoms. The summed E-state index contributed by atoms with van der Waals surface area (Å²) >= 11 is 0. The zero-order valence-electron chi connectivity index (χ0n) is 34.2. The van der Waals surface area contributed by atoms with Gasteiger partial charge in [-0.1, -0.05) is 102 Å². The van der Waals surface area contributed by atoms with E-state index in [1.54, 1.807) is 0 Å². The van der Waals surface area contributed by atoms with Gasteiger partial charge in [-0.25, -0.2) is 0 Å². The standard InChI is InChI=1S/C50H58N4O3/c1-5-9-13-37-15-19-41(20-16-37)49(47-35-51-45(33-53-47)39-23-27-43(28-24-39)55-31-11-7-3)57-50(42-21-17-38(18-22-42)14-10-6-2)48-36-52-46(34-54-48)40-25-29-44(30-26-40)56-32-12-8-4/h15-30,33-36,49-50H,5-14,31-32H2,1-4H3. The minimum absolute atomic E-state index is 0.521. The number of benzene rings is 4. The van der Waals surface area contributed by atoms with E-state index < -0.39 is 12.2 Å². The molecule has 6 aromatic rings. The van der Waals surface area contributed by atoms with Crippen molar-refractivity contribution in [3.63, 3.8) is 0 Å². The van der Waals surface area contributed by atoms with Crippen molar-refractivity contribution in [1.29, 1.82) is 0 Å². The van der Waals surface area contributed by atoms with Gasteiger partial charge in [0.2, 0.25) is 0 Å². The van der Waals surface area contributed by atoms with Gasteiger partial charge in [0.25, 0.3) is 0 Å². The van der Waals surface area contributed by atoms with E-state index in [2.05, 4.69) is 76.2 Å². The molecule has 0 amide bonds. The van der Waals surface area contributed by atoms with Gasteiger partial charge in [0.15, 0.2) is 0 Å². The Bertz CT molecular complexity index is 1880. The molecular formula is C50H58N4O3. The molecule has 0 radical (unpaired) electrons. The number of rotatable bonds is 22. The minimum atomic E-state index is -0.521. The van der Waals surface area contributed by atoms with Gasteiger partial charge in [-0.3, -0.25) is 19.9 Å². The molecule has 7 heteroatoms. The van der Waals surface area contributed by atoms with E-state index in [0.717, 1.165) is 121 Å². The number of hydrogen-bond acceptors (Lipinski definition) is 7. The maximum Gasteiger partial charge on any atom is 0.127 e. The molecule has 2 aromatic heterocycles. The molecule has 0 N–H and O–H groups in total. The summed E-state index contributed by atoms with van der Waals surface area (Å²) in [7, 11) is 0. The number of aromatic nitrogens is 4. The van der Waals surface area contributed by atoms with Crippen molar-refractivity contribution in [3.05, 3.63) is 155 Å². The van der Waals surface area contributed by atoms with E-state index in [4.69, 9.17) is 34.1 Å². The number of unbranched alkanes of at least 4 members (excludes halogenated alkanes) is 4. The van der Waals surface area contributed by atoms with Crippen LogP contribution < -0.4 is 9.47 Å². The normalized spacial score (nSPS) is 12.3. The zero-order chi connectivity index (χ0) is 39.7. The largest absolute Gasteiger partial charge is 0.494 e. The third-order valence-corrected chi connectivity index (χ3v) is 10.2. The number of ether oxygens (including phenoxy) is 3. The van der Waals surface area contributed by atoms with E-state index in [0.29, 0.717) is 13.2 Å². The first-order valence-electron chi connectivity index (χ1n) is 21.0. The molecule has 0 aliphatic heterocycles. The Morgan fingerprint density at radius 3 is 1.14 bits per heavy atom. The van der Waals surface area contributed by atoms with E-state index >= 15 is 0 Å². The predicted octanol–water partition coefficient (Wildman–Crippen LogP) is 12.5. The van der Waals surface area contributed by atoms with E-state index in [1.807, 2.05) is 73.3 Å². The van der Waals surface area contributed by atoms with Crippen LogP contribution in [0.15, 0.2) is 122 Å². The summed E-state index contributed by atoms with van der Waals surface area (Å²) in [6.45, 7) is 10.2. The molecule has 7 nitrogen and oxygen atoms in total. The summed E-state index contributed by atoms with van der Waals surface area (Å²) < 4.78 is 19.0. The van der Waals surface area contributed by atoms with Crippen LogP contribution in [0.1, 0.15) is 125 Å². The predicted molar refractivity (Wildman–Crippen MR) is 231 cm³/mol. The molecule has 0 fully saturated rings. The van der Waals surface area contributed by atoms with Gasteiger partial charge in [0.05, 0.1) is 60.8 Å². The Morgan fingerprint density at radius 2 is 0.807 bits per heavy atom. The first-order valence-corrected chi connectivity index (χ1v) is 21.0. The van der Waals surface area contributed by atoms with Crippen LogP contribution in [-0.2, 0) is 17.6 Å². The van der Waals surface area contributed by atoms with Crippen LogP contribution in [0.2, 0.25) is 0 Å². The molecule has 2 heterocycles. The van der Waals surface area contributed by atoms with Crippen molar-refractivity contribution in [2.75, 3.05) is 13.2 Å². The lowest BCUT2D eigenvalue weighted by Gasteiger charge is -2.25. The first-order chi connectivity index (χ1) is 28.1. The fourth-order valence-corrected chi connectivity index (χ4v) is 6.61. The van der Waals surface area contributed by atoms with Gasteiger partial charge >= 0.3 is 0 Å². The monoisotopic (exact) mass is 762 g/mol. The topological polar surface area (TPSA) is 79.2 Å². The van der Waals surface area contributed by atoms with Gasteiger partial charge in [0, 0.05) is 11.1 Å². The van der Waals surface area contributed by atoms with Crippen LogP contribution in [0, 0.1) is 0 Å². The Kier molecular flexibility index (Phi) is 15.8. The summed E-state index contributed by atoms with van der Waals surface area (Å²) in [6.07, 6.45) is 17.3. The summed E-state index contributed by atoms with van der Waals surface area (Å²) in [5.74, 6) is 1.72. The van der Waals surface area contributed by atoms with Crippen LogP contribution in [0.3, 0.4) is 0 Å². The van der Waals surface area contributed by atoms with Gasteiger partial charge in [-0.05, 0) is 109 Å². The second-order valence-corrected chi connectivity index (χ2v) is 14.7. The molecule has 4 aromatic carbocycles. The van der Waals surface area contributed by atoms with E-state index in [-0.39, 0.29) is 0 Å². The summed E-state index contributed by atoms with van der Waals surface area (Å²) in [4.78, 5) is 19.8. The number of aryl methyl sites for hydroxylation is 2. The second-order valence-electron chi connectivity index (χ2n) is 14.7. The smallest absolute Gasteiger partial charge is 0.127 e. The van der Waals surface area contributed by atoms with Gasteiger partial charge in [-0.2, -0.15) is 0 Å². The summed E-state index contributed by atoms with van der Waals surface area (Å²) in [5.41, 5.74) is 9.58. The molecule has 2 atom stereocenters. The van der Waals surface area contributed by atoms with Crippen molar-refractivity contribution in [2.45, 2.75) is 104 Å². The Balaban J connectivity index is 1.32. The average molecular weight is 763 g/mol. The molecule has 0 aliphatic rings. The fraction of sp³-hybridized carbons (Fsp3) is 0.360. The van der Waals surface area contributed by atoms with Crippen LogP contribution in [0.25, 0.3) is 22.5 Å². The van der Waals surface area contributed by atoms with Crippen LogP contribution >= 0.6 is 0 Å². The molecule has 296 valence electrons. The molecule has 0 saturated heterocycles. The summed E-state index contributed by atoms with van der Waals surface area (Å²) in [5, 5.41) is 0. The molecule has 0 bridgehead atoms. The van der Waals surface area contributed by atoms with Crippen molar-refractivity contribution in [3.8, 4) is 34.0 Å². The summed E-state index contributed by atoms with van der Waals surface area (Å²) in [6, 6.07) is 33.6. The van der Waals surface area contributed by atoms with Crippen molar-refractivity contribution < 1.29 is 14.2 Å². The molecule has 2 unspecified atom stereocenters. The zero-order valence-corrected chi connectivity index (χ0v) is 34.2. The SMILES string of the molecule is CCCCOc1ccc(-c2cnc(C(OC(c3ccc(CCCC)cc3)c3cnc(-c4ccc(OCCCC)cc4)cn3)c3ccc(CCCC)cc3)cn2)cc1. The van der Waals surface area contributed by atoms with Crippen LogP contribution in [-0.4, -0.2) is 33.1 Å². The average Bonchev–Trinajstić information content (AvgIpc) is 3.27. The Labute approximate surface area is 340 Å². The first kappa shape index (κ1) is 41.2. The maximum atomic E-state index is 7.21. The highest BCUT2D eigenvalue weighted by Crippen LogP contribution is 2.36. The molecule has 0 aliphatic carbocycles. The number of nitrogens with zero attached hydrogens (tertiary/aromatic N) is 4. The molecule has 0 saturated carbocycles. The third-order valence-electron chi connectivity index (χ3n) is 10.2. The van der Waals surface area contributed by atoms with Crippen LogP contribution in [0.5, 0.6) is 11.5 Å². The van der Waals surface area contributed by atoms with Gasteiger partial charge in [-0.15, -0.1) is 0 Å². The fourth-order valence-electron chi connectivity index (χ4n) is 6.61. The Hall–Kier alpha value is -5.40. The quantitative estimate of drug-likeness (QED) is 0.0637. The molecule has 0 spiro atoms. The second kappa shape index (κ2) is 21.8. The highest BCUT2D eigenvalue weighted by Gasteiger charge is 2.26. The highest BCUT2D eigenvalue weighted by molar-refractivity contribution is 5.60. The van der Waals surface area contributed by atoms with Gasteiger partial charge in [0.1, 0.15) is 23.7 Å². The van der Waals surface area contributed by atoms with E-state index in [9.17, 15) is 0 Å². The lowest BCUT2D eigenvalue weighted by molar-refractivity contribution is 0.0258. The maximum absolute atomic E-state index is 7.21. The van der Waals surface area contributed by atoms with Crippen molar-refractivity contribution >= 4 is 0 Å². The lowest BCUT2D eigenvalue weighted by atomic mass is 9.99. The number of hydrogen-bond donors (Lipinski definition) is 0. The third kappa shape index (κ3) is 11.8. The van der Waals surface area contributed by atoms with Crippen molar-refractivity contribution in [2.24, 2.45) is 0 Å². The van der Waals surface area contributed by atoms with Gasteiger partial charge < -0.3 is 14.2 Å². The lowest BCUT2D eigenvalue weighted by Crippen LogP contribution is -2.16. The Morgan fingerprint density at radius 1 is 0.421 bits per heavy atom. The van der Waals surface area contributed by atoms with Crippen molar-refractivity contribution in [1.82, 2.24) is 19.9 Å². The molecule has 6 rings (SSSR count). The minimum Gasteiger partial charge on any atom is -0.494 e. The van der Waals surface area contributed by atoms with Crippen LogP contribution in [0.4, 0.5) is 0 Å².